The molecule has 0 N–H and O–H groups in total. The van der Waals surface area contributed by atoms with Crippen molar-refractivity contribution in [1.82, 2.24) is 9.38 Å². The number of aromatic nitrogens is 2. The van der Waals surface area contributed by atoms with E-state index in [1.807, 2.05) is 6.08 Å². The molecular formula is C21H26N2. The Morgan fingerprint density at radius 3 is 2.48 bits per heavy atom. The Morgan fingerprint density at radius 1 is 0.870 bits per heavy atom. The lowest BCUT2D eigenvalue weighted by Crippen LogP contribution is -1.98. The molecule has 0 unspecified atom stereocenters. The highest BCUT2D eigenvalue weighted by molar-refractivity contribution is 5.79. The number of allylic oxidation sites excluding steroid dienone is 1. The van der Waals surface area contributed by atoms with Gasteiger partial charge in [-0.15, -0.1) is 6.58 Å². The number of benzene rings is 1. The molecule has 0 radical (unpaired) electrons. The van der Waals surface area contributed by atoms with Crippen molar-refractivity contribution < 1.29 is 0 Å². The van der Waals surface area contributed by atoms with Gasteiger partial charge in [0.15, 0.2) is 0 Å². The second-order valence-corrected chi connectivity index (χ2v) is 6.26. The summed E-state index contributed by atoms with van der Waals surface area (Å²) in [6, 6.07) is 12.7. The van der Waals surface area contributed by atoms with E-state index in [1.165, 1.54) is 55.3 Å². The van der Waals surface area contributed by atoms with E-state index >= 15 is 0 Å². The number of unbranched alkanes of at least 4 members (excludes halogenated alkanes) is 6. The van der Waals surface area contributed by atoms with E-state index in [9.17, 15) is 0 Å². The minimum atomic E-state index is 1.07. The van der Waals surface area contributed by atoms with Gasteiger partial charge in [0.05, 0.1) is 22.2 Å². The third-order valence-corrected chi connectivity index (χ3v) is 4.51. The van der Waals surface area contributed by atoms with Crippen molar-refractivity contribution in [2.75, 3.05) is 0 Å². The summed E-state index contributed by atoms with van der Waals surface area (Å²) in [5.74, 6) is 0. The number of fused-ring (bicyclic) bond motifs is 3. The standard InChI is InChI=1S/C21H26N2/c1-2-3-4-5-6-7-8-9-13-18-21-16-12-17-23(21)20-15-11-10-14-19(20)22-18/h2,10-12,14-17H,1,3-9,13H2. The highest BCUT2D eigenvalue weighted by Crippen LogP contribution is 2.20. The summed E-state index contributed by atoms with van der Waals surface area (Å²) in [6.07, 6.45) is 14.2. The molecule has 2 nitrogen and oxygen atoms in total. The van der Waals surface area contributed by atoms with Crippen LogP contribution in [-0.2, 0) is 6.42 Å². The molecule has 0 bridgehead atoms. The van der Waals surface area contributed by atoms with Crippen LogP contribution in [0.25, 0.3) is 16.6 Å². The zero-order valence-corrected chi connectivity index (χ0v) is 13.9. The van der Waals surface area contributed by atoms with E-state index in [0.29, 0.717) is 0 Å². The van der Waals surface area contributed by atoms with Crippen molar-refractivity contribution in [1.29, 1.82) is 0 Å². The van der Waals surface area contributed by atoms with Crippen LogP contribution in [0.1, 0.15) is 50.6 Å². The van der Waals surface area contributed by atoms with Crippen LogP contribution < -0.4 is 0 Å². The van der Waals surface area contributed by atoms with Crippen LogP contribution in [0.2, 0.25) is 0 Å². The fourth-order valence-electron chi connectivity index (χ4n) is 3.26. The van der Waals surface area contributed by atoms with Gasteiger partial charge in [-0.25, -0.2) is 4.98 Å². The van der Waals surface area contributed by atoms with Gasteiger partial charge in [-0.3, -0.25) is 0 Å². The summed E-state index contributed by atoms with van der Waals surface area (Å²) in [5, 5.41) is 0. The molecular weight excluding hydrogens is 280 g/mol. The van der Waals surface area contributed by atoms with Gasteiger partial charge in [0.1, 0.15) is 0 Å². The van der Waals surface area contributed by atoms with Crippen LogP contribution >= 0.6 is 0 Å². The summed E-state index contributed by atoms with van der Waals surface area (Å²) in [5.41, 5.74) is 4.78. The van der Waals surface area contributed by atoms with Crippen LogP contribution in [0.3, 0.4) is 0 Å². The maximum atomic E-state index is 4.90. The zero-order chi connectivity index (χ0) is 15.9. The molecule has 2 heterocycles. The van der Waals surface area contributed by atoms with Crippen molar-refractivity contribution in [3.63, 3.8) is 0 Å². The number of para-hydroxylation sites is 2. The maximum absolute atomic E-state index is 4.90. The maximum Gasteiger partial charge on any atom is 0.0874 e. The van der Waals surface area contributed by atoms with E-state index in [0.717, 1.165) is 18.4 Å². The topological polar surface area (TPSA) is 17.3 Å². The quantitative estimate of drug-likeness (QED) is 0.353. The molecule has 3 aromatic rings. The third kappa shape index (κ3) is 3.82. The average Bonchev–Trinajstić information content (AvgIpc) is 3.07. The van der Waals surface area contributed by atoms with Crippen molar-refractivity contribution in [3.05, 3.63) is 60.9 Å². The van der Waals surface area contributed by atoms with Crippen molar-refractivity contribution in [3.8, 4) is 0 Å². The first-order valence-electron chi connectivity index (χ1n) is 8.86. The van der Waals surface area contributed by atoms with Crippen molar-refractivity contribution in [2.45, 2.75) is 51.4 Å². The Morgan fingerprint density at radius 2 is 1.61 bits per heavy atom. The van der Waals surface area contributed by atoms with E-state index in [2.05, 4.69) is 53.6 Å². The summed E-state index contributed by atoms with van der Waals surface area (Å²) in [6.45, 7) is 3.77. The van der Waals surface area contributed by atoms with Crippen LogP contribution in [-0.4, -0.2) is 9.38 Å². The Kier molecular flexibility index (Phi) is 5.46. The SMILES string of the molecule is C=CCCCCCCCCc1nc2ccccc2n2cccc12. The molecule has 1 aromatic carbocycles. The number of hydrogen-bond acceptors (Lipinski definition) is 1. The summed E-state index contributed by atoms with van der Waals surface area (Å²) < 4.78 is 2.27. The van der Waals surface area contributed by atoms with Gasteiger partial charge >= 0.3 is 0 Å². The normalized spacial score (nSPS) is 11.3. The molecule has 0 aliphatic carbocycles. The molecule has 0 saturated carbocycles. The van der Waals surface area contributed by atoms with Crippen LogP contribution in [0.15, 0.2) is 55.3 Å². The van der Waals surface area contributed by atoms with Gasteiger partial charge in [0, 0.05) is 6.20 Å². The molecule has 0 spiro atoms. The molecule has 120 valence electrons. The van der Waals surface area contributed by atoms with Crippen LogP contribution in [0, 0.1) is 0 Å². The zero-order valence-electron chi connectivity index (χ0n) is 13.9. The van der Waals surface area contributed by atoms with Gasteiger partial charge in [0.2, 0.25) is 0 Å². The molecule has 23 heavy (non-hydrogen) atoms. The highest BCUT2D eigenvalue weighted by atomic mass is 14.9. The molecule has 0 aliphatic rings. The Balaban J connectivity index is 1.59. The second-order valence-electron chi connectivity index (χ2n) is 6.26. The summed E-state index contributed by atoms with van der Waals surface area (Å²) in [7, 11) is 0. The molecule has 0 amide bonds. The van der Waals surface area contributed by atoms with Gasteiger partial charge in [-0.05, 0) is 49.9 Å². The molecule has 2 heteroatoms. The molecule has 0 saturated heterocycles. The van der Waals surface area contributed by atoms with E-state index in [-0.39, 0.29) is 0 Å². The lowest BCUT2D eigenvalue weighted by Gasteiger charge is -2.08. The van der Waals surface area contributed by atoms with E-state index < -0.39 is 0 Å². The van der Waals surface area contributed by atoms with Crippen molar-refractivity contribution >= 4 is 16.6 Å². The Hall–Kier alpha value is -2.09. The lowest BCUT2D eigenvalue weighted by molar-refractivity contribution is 0.595. The monoisotopic (exact) mass is 306 g/mol. The molecule has 0 fully saturated rings. The van der Waals surface area contributed by atoms with E-state index in [4.69, 9.17) is 4.98 Å². The lowest BCUT2D eigenvalue weighted by atomic mass is 10.1. The first kappa shape index (κ1) is 15.8. The summed E-state index contributed by atoms with van der Waals surface area (Å²) in [4.78, 5) is 4.90. The van der Waals surface area contributed by atoms with Crippen molar-refractivity contribution in [2.24, 2.45) is 0 Å². The predicted molar refractivity (Wildman–Crippen MR) is 98.9 cm³/mol. The van der Waals surface area contributed by atoms with Gasteiger partial charge in [0.25, 0.3) is 0 Å². The molecule has 0 aliphatic heterocycles. The average molecular weight is 306 g/mol. The third-order valence-electron chi connectivity index (χ3n) is 4.51. The first-order valence-corrected chi connectivity index (χ1v) is 8.86. The van der Waals surface area contributed by atoms with E-state index in [1.54, 1.807) is 0 Å². The smallest absolute Gasteiger partial charge is 0.0874 e. The van der Waals surface area contributed by atoms with Gasteiger partial charge in [-0.1, -0.05) is 43.9 Å². The predicted octanol–water partition coefficient (Wildman–Crippen LogP) is 5.95. The first-order chi connectivity index (χ1) is 11.4. The van der Waals surface area contributed by atoms with Crippen LogP contribution in [0.5, 0.6) is 0 Å². The van der Waals surface area contributed by atoms with Gasteiger partial charge < -0.3 is 4.40 Å². The fourth-order valence-corrected chi connectivity index (χ4v) is 3.26. The van der Waals surface area contributed by atoms with Gasteiger partial charge in [-0.2, -0.15) is 0 Å². The minimum Gasteiger partial charge on any atom is -0.313 e. The fraction of sp³-hybridized carbons (Fsp3) is 0.381. The second kappa shape index (κ2) is 7.96. The minimum absolute atomic E-state index is 1.07. The summed E-state index contributed by atoms with van der Waals surface area (Å²) >= 11 is 0. The molecule has 0 atom stereocenters. The Bertz CT molecular complexity index is 770. The highest BCUT2D eigenvalue weighted by Gasteiger charge is 2.07. The Labute approximate surface area is 138 Å². The number of nitrogens with zero attached hydrogens (tertiary/aromatic N) is 2. The number of aryl methyl sites for hydroxylation is 1. The molecule has 3 rings (SSSR count). The largest absolute Gasteiger partial charge is 0.313 e. The number of rotatable bonds is 9. The molecule has 2 aromatic heterocycles. The van der Waals surface area contributed by atoms with Crippen LogP contribution in [0.4, 0.5) is 0 Å². The number of hydrogen-bond donors (Lipinski definition) is 0.